The Morgan fingerprint density at radius 3 is 2.34 bits per heavy atom. The molecule has 3 rings (SSSR count). The third-order valence-electron chi connectivity index (χ3n) is 3.94. The number of amides is 2. The molecule has 0 aliphatic rings. The number of hydrogen-bond acceptors (Lipinski definition) is 4. The van der Waals surface area contributed by atoms with E-state index in [0.717, 1.165) is 4.90 Å². The van der Waals surface area contributed by atoms with Crippen LogP contribution in [0, 0.1) is 0 Å². The number of benzene rings is 3. The molecule has 29 heavy (non-hydrogen) atoms. The number of thioether (sulfide) groups is 1. The predicted octanol–water partition coefficient (Wildman–Crippen LogP) is 5.33. The Balaban J connectivity index is 1.55. The van der Waals surface area contributed by atoms with Gasteiger partial charge in [0.05, 0.1) is 12.9 Å². The van der Waals surface area contributed by atoms with E-state index in [-0.39, 0.29) is 17.6 Å². The van der Waals surface area contributed by atoms with Crippen LogP contribution in [0.5, 0.6) is 5.75 Å². The number of carbonyl (C=O) groups is 2. The smallest absolute Gasteiger partial charge is 0.255 e. The highest BCUT2D eigenvalue weighted by molar-refractivity contribution is 8.00. The molecule has 0 fully saturated rings. The molecule has 0 aromatic heterocycles. The summed E-state index contributed by atoms with van der Waals surface area (Å²) in [5.74, 6) is 0.607. The fraction of sp³-hybridized carbons (Fsp3) is 0.0909. The van der Waals surface area contributed by atoms with E-state index >= 15 is 0 Å². The fourth-order valence-corrected chi connectivity index (χ4v) is 3.37. The van der Waals surface area contributed by atoms with E-state index in [1.54, 1.807) is 61.7 Å². The van der Waals surface area contributed by atoms with Crippen LogP contribution in [0.2, 0.25) is 5.02 Å². The number of carbonyl (C=O) groups excluding carboxylic acids is 2. The first-order valence-corrected chi connectivity index (χ1v) is 10.1. The van der Waals surface area contributed by atoms with Gasteiger partial charge in [-0.2, -0.15) is 0 Å². The zero-order valence-electron chi connectivity index (χ0n) is 15.6. The number of rotatable bonds is 7. The van der Waals surface area contributed by atoms with Gasteiger partial charge in [-0.25, -0.2) is 0 Å². The molecular weight excluding hydrogens is 408 g/mol. The summed E-state index contributed by atoms with van der Waals surface area (Å²) in [5.41, 5.74) is 1.89. The fourth-order valence-electron chi connectivity index (χ4n) is 2.49. The number of ether oxygens (including phenoxy) is 1. The summed E-state index contributed by atoms with van der Waals surface area (Å²) in [4.78, 5) is 25.4. The van der Waals surface area contributed by atoms with Gasteiger partial charge >= 0.3 is 0 Å². The van der Waals surface area contributed by atoms with Gasteiger partial charge in [0.15, 0.2) is 0 Å². The molecule has 148 valence electrons. The molecule has 5 nitrogen and oxygen atoms in total. The van der Waals surface area contributed by atoms with Crippen LogP contribution in [-0.4, -0.2) is 24.7 Å². The average Bonchev–Trinajstić information content (AvgIpc) is 2.74. The first-order valence-electron chi connectivity index (χ1n) is 8.77. The van der Waals surface area contributed by atoms with Gasteiger partial charge < -0.3 is 15.4 Å². The third-order valence-corrected chi connectivity index (χ3v) is 5.19. The predicted molar refractivity (Wildman–Crippen MR) is 118 cm³/mol. The number of hydrogen-bond donors (Lipinski definition) is 2. The van der Waals surface area contributed by atoms with Crippen LogP contribution in [0.1, 0.15) is 10.4 Å². The molecule has 2 N–H and O–H groups in total. The first-order chi connectivity index (χ1) is 14.0. The highest BCUT2D eigenvalue weighted by Gasteiger charge is 2.08. The monoisotopic (exact) mass is 426 g/mol. The van der Waals surface area contributed by atoms with Crippen molar-refractivity contribution in [2.75, 3.05) is 23.5 Å². The second-order valence-corrected chi connectivity index (χ2v) is 7.54. The lowest BCUT2D eigenvalue weighted by Crippen LogP contribution is -2.14. The number of nitrogens with one attached hydrogen (secondary N) is 2. The summed E-state index contributed by atoms with van der Waals surface area (Å²) in [7, 11) is 1.58. The van der Waals surface area contributed by atoms with Crippen LogP contribution in [0.3, 0.4) is 0 Å². The normalized spacial score (nSPS) is 10.3. The van der Waals surface area contributed by atoms with Gasteiger partial charge in [0.2, 0.25) is 5.91 Å². The lowest BCUT2D eigenvalue weighted by molar-refractivity contribution is -0.113. The summed E-state index contributed by atoms with van der Waals surface area (Å²) in [6.07, 6.45) is 0. The largest absolute Gasteiger partial charge is 0.497 e. The van der Waals surface area contributed by atoms with Crippen molar-refractivity contribution >= 4 is 46.6 Å². The molecule has 0 aliphatic heterocycles. The molecule has 3 aromatic carbocycles. The molecule has 3 aromatic rings. The minimum atomic E-state index is -0.213. The van der Waals surface area contributed by atoms with E-state index in [2.05, 4.69) is 10.6 Å². The molecule has 0 spiro atoms. The van der Waals surface area contributed by atoms with Crippen molar-refractivity contribution in [3.63, 3.8) is 0 Å². The van der Waals surface area contributed by atoms with E-state index < -0.39 is 0 Å². The van der Waals surface area contributed by atoms with Gasteiger partial charge in [0, 0.05) is 26.9 Å². The zero-order valence-corrected chi connectivity index (χ0v) is 17.2. The van der Waals surface area contributed by atoms with Crippen molar-refractivity contribution in [3.05, 3.63) is 83.4 Å². The lowest BCUT2D eigenvalue weighted by Gasteiger charge is -2.09. The molecule has 0 aliphatic carbocycles. The van der Waals surface area contributed by atoms with Crippen LogP contribution < -0.4 is 15.4 Å². The second kappa shape index (κ2) is 10.0. The maximum atomic E-state index is 12.4. The minimum absolute atomic E-state index is 0.120. The molecule has 7 heteroatoms. The summed E-state index contributed by atoms with van der Waals surface area (Å²) < 4.78 is 5.10. The van der Waals surface area contributed by atoms with Crippen LogP contribution >= 0.6 is 23.4 Å². The highest BCUT2D eigenvalue weighted by atomic mass is 35.5. The number of anilines is 2. The van der Waals surface area contributed by atoms with E-state index in [9.17, 15) is 9.59 Å². The molecule has 0 heterocycles. The highest BCUT2D eigenvalue weighted by Crippen LogP contribution is 2.23. The molecule has 0 unspecified atom stereocenters. The van der Waals surface area contributed by atoms with Crippen molar-refractivity contribution in [2.45, 2.75) is 4.90 Å². The summed E-state index contributed by atoms with van der Waals surface area (Å²) in [5, 5.41) is 6.30. The Morgan fingerprint density at radius 1 is 0.931 bits per heavy atom. The van der Waals surface area contributed by atoms with E-state index in [0.29, 0.717) is 27.7 Å². The van der Waals surface area contributed by atoms with E-state index in [4.69, 9.17) is 16.3 Å². The average molecular weight is 427 g/mol. The second-order valence-electron chi connectivity index (χ2n) is 6.05. The molecule has 0 bridgehead atoms. The summed E-state index contributed by atoms with van der Waals surface area (Å²) in [6.45, 7) is 0. The number of halogens is 1. The Hall–Kier alpha value is -2.96. The van der Waals surface area contributed by atoms with Gasteiger partial charge in [0.1, 0.15) is 5.75 Å². The van der Waals surface area contributed by atoms with Crippen molar-refractivity contribution in [3.8, 4) is 5.75 Å². The Labute approximate surface area is 178 Å². The topological polar surface area (TPSA) is 67.4 Å². The summed E-state index contributed by atoms with van der Waals surface area (Å²) in [6, 6.07) is 21.2. The van der Waals surface area contributed by atoms with Crippen LogP contribution in [-0.2, 0) is 4.79 Å². The lowest BCUT2D eigenvalue weighted by atomic mass is 10.2. The molecule has 0 saturated carbocycles. The van der Waals surface area contributed by atoms with E-state index in [1.807, 2.05) is 18.2 Å². The summed E-state index contributed by atoms with van der Waals surface area (Å²) >= 11 is 7.23. The van der Waals surface area contributed by atoms with Gasteiger partial charge in [-0.1, -0.05) is 17.7 Å². The Kier molecular flexibility index (Phi) is 7.16. The van der Waals surface area contributed by atoms with Crippen molar-refractivity contribution in [1.29, 1.82) is 0 Å². The molecular formula is C22H19ClN2O3S. The van der Waals surface area contributed by atoms with Crippen LogP contribution in [0.4, 0.5) is 11.4 Å². The molecule has 0 saturated heterocycles. The third kappa shape index (κ3) is 6.27. The standard InChI is InChI=1S/C22H19ClN2O3S/c1-28-19-11-5-15(6-12-19)22(27)25-18-3-2-4-20(13-18)29-14-21(26)24-17-9-7-16(23)8-10-17/h2-13H,14H2,1H3,(H,24,26)(H,25,27). The van der Waals surface area contributed by atoms with Crippen LogP contribution in [0.25, 0.3) is 0 Å². The van der Waals surface area contributed by atoms with Crippen molar-refractivity contribution in [2.24, 2.45) is 0 Å². The first kappa shape index (κ1) is 20.8. The minimum Gasteiger partial charge on any atom is -0.497 e. The molecule has 2 amide bonds. The molecule has 0 atom stereocenters. The van der Waals surface area contributed by atoms with Gasteiger partial charge in [-0.3, -0.25) is 9.59 Å². The Morgan fingerprint density at radius 2 is 1.66 bits per heavy atom. The Bertz CT molecular complexity index is 992. The van der Waals surface area contributed by atoms with Crippen molar-refractivity contribution in [1.82, 2.24) is 0 Å². The maximum absolute atomic E-state index is 12.4. The van der Waals surface area contributed by atoms with Gasteiger partial charge in [-0.15, -0.1) is 11.8 Å². The van der Waals surface area contributed by atoms with Crippen molar-refractivity contribution < 1.29 is 14.3 Å². The van der Waals surface area contributed by atoms with E-state index in [1.165, 1.54) is 11.8 Å². The van der Waals surface area contributed by atoms with Gasteiger partial charge in [-0.05, 0) is 66.7 Å². The molecule has 0 radical (unpaired) electrons. The maximum Gasteiger partial charge on any atom is 0.255 e. The quantitative estimate of drug-likeness (QED) is 0.501. The van der Waals surface area contributed by atoms with Gasteiger partial charge in [0.25, 0.3) is 5.91 Å². The SMILES string of the molecule is COc1ccc(C(=O)Nc2cccc(SCC(=O)Nc3ccc(Cl)cc3)c2)cc1. The zero-order chi connectivity index (χ0) is 20.6. The number of methoxy groups -OCH3 is 1. The van der Waals surface area contributed by atoms with Crippen LogP contribution in [0.15, 0.2) is 77.7 Å².